The van der Waals surface area contributed by atoms with Crippen molar-refractivity contribution in [2.75, 3.05) is 4.90 Å². The molecule has 3 heterocycles. The Labute approximate surface area is 348 Å². The first-order chi connectivity index (χ1) is 29.7. The van der Waals surface area contributed by atoms with E-state index in [1.54, 1.807) is 0 Å². The van der Waals surface area contributed by atoms with Crippen molar-refractivity contribution in [2.24, 2.45) is 0 Å². The van der Waals surface area contributed by atoms with Gasteiger partial charge in [-0.05, 0) is 75.0 Å². The molecule has 2 unspecified atom stereocenters. The minimum atomic E-state index is -0.0611. The van der Waals surface area contributed by atoms with Crippen molar-refractivity contribution < 1.29 is 0 Å². The van der Waals surface area contributed by atoms with Gasteiger partial charge in [-0.25, -0.2) is 4.98 Å². The minimum Gasteiger partial charge on any atom is -0.331 e. The third-order valence-corrected chi connectivity index (χ3v) is 12.2. The number of anilines is 2. The number of hydrogen-bond acceptors (Lipinski definition) is 4. The number of benzene rings is 8. The highest BCUT2D eigenvalue weighted by atomic mass is 15.3. The van der Waals surface area contributed by atoms with Crippen molar-refractivity contribution in [3.8, 4) is 51.0 Å². The molecule has 0 amide bonds. The summed E-state index contributed by atoms with van der Waals surface area (Å²) in [7, 11) is 0. The van der Waals surface area contributed by atoms with E-state index in [0.717, 1.165) is 39.2 Å². The Morgan fingerprint density at radius 3 is 1.88 bits per heavy atom. The second-order valence-corrected chi connectivity index (χ2v) is 15.6. The summed E-state index contributed by atoms with van der Waals surface area (Å²) < 4.78 is 2.31. The van der Waals surface area contributed by atoms with Crippen LogP contribution in [-0.4, -0.2) is 19.5 Å². The highest BCUT2D eigenvalue weighted by Gasteiger charge is 2.44. The number of para-hydroxylation sites is 2. The normalized spacial score (nSPS) is 15.2. The molecule has 1 aliphatic heterocycles. The molecular weight excluding hydrogens is 731 g/mol. The van der Waals surface area contributed by atoms with E-state index >= 15 is 0 Å². The molecule has 2 atom stereocenters. The molecule has 0 spiro atoms. The van der Waals surface area contributed by atoms with E-state index in [-0.39, 0.29) is 12.0 Å². The van der Waals surface area contributed by atoms with Crippen LogP contribution in [0.2, 0.25) is 0 Å². The summed E-state index contributed by atoms with van der Waals surface area (Å²) in [6, 6.07) is 71.0. The molecule has 2 aromatic heterocycles. The van der Waals surface area contributed by atoms with Gasteiger partial charge in [0.15, 0.2) is 11.6 Å². The fraction of sp³-hybridized carbons (Fsp3) is 0.0364. The first-order valence-corrected chi connectivity index (χ1v) is 20.5. The van der Waals surface area contributed by atoms with Gasteiger partial charge < -0.3 is 4.90 Å². The Morgan fingerprint density at radius 1 is 0.433 bits per heavy atom. The fourth-order valence-electron chi connectivity index (χ4n) is 9.40. The van der Waals surface area contributed by atoms with Crippen molar-refractivity contribution in [1.82, 2.24) is 19.5 Å². The van der Waals surface area contributed by atoms with Crippen molar-refractivity contribution in [3.63, 3.8) is 0 Å². The van der Waals surface area contributed by atoms with Crippen molar-refractivity contribution in [1.29, 1.82) is 0 Å². The Kier molecular flexibility index (Phi) is 7.91. The summed E-state index contributed by atoms with van der Waals surface area (Å²) in [5, 5.41) is 3.60. The van der Waals surface area contributed by atoms with Crippen LogP contribution in [0.1, 0.15) is 28.8 Å². The monoisotopic (exact) mass is 767 g/mol. The van der Waals surface area contributed by atoms with Gasteiger partial charge in [0, 0.05) is 39.4 Å². The predicted octanol–water partition coefficient (Wildman–Crippen LogP) is 13.6. The molecule has 0 fully saturated rings. The summed E-state index contributed by atoms with van der Waals surface area (Å²) >= 11 is 0. The molecule has 8 aromatic carbocycles. The molecule has 0 bridgehead atoms. The van der Waals surface area contributed by atoms with Crippen molar-refractivity contribution >= 4 is 39.1 Å². The van der Waals surface area contributed by atoms with Crippen LogP contribution in [0.3, 0.4) is 0 Å². The third-order valence-electron chi connectivity index (χ3n) is 12.2. The molecular formula is C55H37N5. The average Bonchev–Trinajstić information content (AvgIpc) is 3.85. The summed E-state index contributed by atoms with van der Waals surface area (Å²) in [4.78, 5) is 18.5. The van der Waals surface area contributed by atoms with Gasteiger partial charge in [0.25, 0.3) is 0 Å². The van der Waals surface area contributed by atoms with Crippen LogP contribution in [0.25, 0.3) is 78.7 Å². The van der Waals surface area contributed by atoms with Crippen LogP contribution < -0.4 is 4.90 Å². The van der Waals surface area contributed by atoms with Gasteiger partial charge in [-0.1, -0.05) is 176 Å². The maximum Gasteiger partial charge on any atom is 0.238 e. The molecule has 5 nitrogen and oxygen atoms in total. The van der Waals surface area contributed by atoms with Crippen LogP contribution in [0.5, 0.6) is 0 Å². The largest absolute Gasteiger partial charge is 0.331 e. The maximum absolute atomic E-state index is 5.42. The molecule has 2 aliphatic rings. The quantitative estimate of drug-likeness (QED) is 0.169. The number of aromatic nitrogens is 4. The fourth-order valence-corrected chi connectivity index (χ4v) is 9.40. The molecule has 0 N–H and O–H groups in total. The molecule has 12 rings (SSSR count). The lowest BCUT2D eigenvalue weighted by Gasteiger charge is -2.33. The minimum absolute atomic E-state index is 0.0611. The molecule has 282 valence electrons. The van der Waals surface area contributed by atoms with Crippen LogP contribution in [-0.2, 0) is 0 Å². The maximum atomic E-state index is 5.42. The zero-order valence-electron chi connectivity index (χ0n) is 32.6. The van der Waals surface area contributed by atoms with E-state index in [1.165, 1.54) is 44.1 Å². The molecule has 1 aliphatic carbocycles. The van der Waals surface area contributed by atoms with Gasteiger partial charge >= 0.3 is 0 Å². The molecule has 60 heavy (non-hydrogen) atoms. The second-order valence-electron chi connectivity index (χ2n) is 15.6. The summed E-state index contributed by atoms with van der Waals surface area (Å²) in [5.74, 6) is 1.96. The van der Waals surface area contributed by atoms with Crippen LogP contribution in [0, 0.1) is 0 Å². The molecule has 0 radical (unpaired) electrons. The first kappa shape index (κ1) is 34.2. The van der Waals surface area contributed by atoms with Crippen molar-refractivity contribution in [3.05, 3.63) is 223 Å². The average molecular weight is 768 g/mol. The lowest BCUT2D eigenvalue weighted by atomic mass is 9.86. The first-order valence-electron chi connectivity index (χ1n) is 20.5. The summed E-state index contributed by atoms with van der Waals surface area (Å²) in [6.45, 7) is 0. The highest BCUT2D eigenvalue weighted by Crippen LogP contribution is 2.57. The lowest BCUT2D eigenvalue weighted by Crippen LogP contribution is -2.26. The zero-order chi connectivity index (χ0) is 39.6. The van der Waals surface area contributed by atoms with E-state index < -0.39 is 0 Å². The molecule has 0 saturated carbocycles. The Morgan fingerprint density at radius 2 is 1.05 bits per heavy atom. The Balaban J connectivity index is 1.06. The van der Waals surface area contributed by atoms with Gasteiger partial charge in [-0.3, -0.25) is 4.57 Å². The molecule has 0 saturated heterocycles. The van der Waals surface area contributed by atoms with Gasteiger partial charge in [-0.2, -0.15) is 9.97 Å². The van der Waals surface area contributed by atoms with Crippen LogP contribution in [0.4, 0.5) is 11.4 Å². The standard InChI is InChI=1S/C55H37N5/c1-3-14-36(15-4-1)38-28-30-44(31-29-38)59-49-24-11-9-22-45(49)47-32-33-48-46-23-10-12-25-50(46)60(52(48)51(47)59)55-57-53(39-17-5-2-6-18-39)56-54(58-55)43-21-13-20-41(35-43)42-27-26-37-16-7-8-19-40(37)34-42/h1-35,47,51H. The molecule has 10 aromatic rings. The number of hydrogen-bond donors (Lipinski definition) is 0. The number of fused-ring (bicyclic) bond motifs is 8. The van der Waals surface area contributed by atoms with Gasteiger partial charge in [0.1, 0.15) is 0 Å². The SMILES string of the molecule is C1=CC2c3ccccc3N(c3ccc(-c4ccccc4)cc3)C2c2c1c1ccccc1n2-c1nc(-c2ccccc2)nc(-c2cccc(-c3ccc4ccccc4c3)c2)n1. The van der Waals surface area contributed by atoms with Crippen LogP contribution >= 0.6 is 0 Å². The Bertz CT molecular complexity index is 3280. The zero-order valence-corrected chi connectivity index (χ0v) is 32.6. The second kappa shape index (κ2) is 13.9. The van der Waals surface area contributed by atoms with E-state index in [0.29, 0.717) is 17.6 Å². The van der Waals surface area contributed by atoms with E-state index in [4.69, 9.17) is 15.0 Å². The van der Waals surface area contributed by atoms with Gasteiger partial charge in [0.05, 0.1) is 17.3 Å². The van der Waals surface area contributed by atoms with Crippen molar-refractivity contribution in [2.45, 2.75) is 12.0 Å². The summed E-state index contributed by atoms with van der Waals surface area (Å²) in [5.41, 5.74) is 13.6. The summed E-state index contributed by atoms with van der Waals surface area (Å²) in [6.07, 6.45) is 4.72. The van der Waals surface area contributed by atoms with Crippen LogP contribution in [0.15, 0.2) is 206 Å². The smallest absolute Gasteiger partial charge is 0.238 e. The van der Waals surface area contributed by atoms with E-state index in [2.05, 4.69) is 204 Å². The topological polar surface area (TPSA) is 46.8 Å². The highest BCUT2D eigenvalue weighted by molar-refractivity contribution is 5.95. The molecule has 5 heteroatoms. The van der Waals surface area contributed by atoms with E-state index in [9.17, 15) is 0 Å². The van der Waals surface area contributed by atoms with Gasteiger partial charge in [0.2, 0.25) is 5.95 Å². The lowest BCUT2D eigenvalue weighted by molar-refractivity contribution is 0.630. The third kappa shape index (κ3) is 5.58. The number of nitrogens with zero attached hydrogens (tertiary/aromatic N) is 5. The van der Waals surface area contributed by atoms with E-state index in [1.807, 2.05) is 18.2 Å². The Hall–Kier alpha value is -7.89. The predicted molar refractivity (Wildman–Crippen MR) is 245 cm³/mol. The number of rotatable bonds is 6. The van der Waals surface area contributed by atoms with Gasteiger partial charge in [-0.15, -0.1) is 0 Å².